The van der Waals surface area contributed by atoms with Crippen LogP contribution in [-0.2, 0) is 17.4 Å². The van der Waals surface area contributed by atoms with Gasteiger partial charge in [-0.15, -0.1) is 0 Å². The zero-order chi connectivity index (χ0) is 14.3. The van der Waals surface area contributed by atoms with Crippen molar-refractivity contribution >= 4 is 17.0 Å². The summed E-state index contributed by atoms with van der Waals surface area (Å²) in [5.74, 6) is 0. The predicted molar refractivity (Wildman–Crippen MR) is 80.7 cm³/mol. The molecule has 0 atom stereocenters. The lowest BCUT2D eigenvalue weighted by atomic mass is 9.88. The quantitative estimate of drug-likeness (QED) is 0.601. The van der Waals surface area contributed by atoms with Crippen molar-refractivity contribution in [3.05, 3.63) is 35.0 Å². The molecule has 3 rings (SSSR count). The van der Waals surface area contributed by atoms with Crippen LogP contribution in [0.2, 0.25) is 0 Å². The molecule has 1 aromatic heterocycles. The molecule has 2 aromatic rings. The van der Waals surface area contributed by atoms with Gasteiger partial charge in [-0.3, -0.25) is 0 Å². The third-order valence-corrected chi connectivity index (χ3v) is 5.04. The summed E-state index contributed by atoms with van der Waals surface area (Å²) in [6, 6.07) is 6.52. The first-order valence-electron chi connectivity index (χ1n) is 7.24. The number of hydrogen-bond acceptors (Lipinski definition) is 2. The van der Waals surface area contributed by atoms with Crippen LogP contribution in [0.5, 0.6) is 0 Å². The molecule has 20 heavy (non-hydrogen) atoms. The maximum atomic E-state index is 10.8. The smallest absolute Gasteiger partial charge is 0.235 e. The van der Waals surface area contributed by atoms with Gasteiger partial charge < -0.3 is 4.57 Å². The molecule has 1 fully saturated rings. The van der Waals surface area contributed by atoms with E-state index in [-0.39, 0.29) is 5.54 Å². The van der Waals surface area contributed by atoms with E-state index in [9.17, 15) is 4.79 Å². The van der Waals surface area contributed by atoms with Crippen molar-refractivity contribution in [3.63, 3.8) is 0 Å². The van der Waals surface area contributed by atoms with Gasteiger partial charge in [0.15, 0.2) is 0 Å². The molecule has 0 unspecified atom stereocenters. The van der Waals surface area contributed by atoms with E-state index in [1.807, 2.05) is 0 Å². The fraction of sp³-hybridized carbons (Fsp3) is 0.471. The molecule has 0 aliphatic heterocycles. The standard InChI is InChI=1S/C17H20N2O/c1-12-13(2)19(3)16-10-14(6-7-15(12)16)17(18-11-20)8-4-5-9-17/h6-7,10H,4-5,8-9H2,1-3H3. The second kappa shape index (κ2) is 4.60. The first kappa shape index (κ1) is 13.1. The second-order valence-corrected chi connectivity index (χ2v) is 5.94. The van der Waals surface area contributed by atoms with Crippen LogP contribution in [0.1, 0.15) is 42.5 Å². The second-order valence-electron chi connectivity index (χ2n) is 5.94. The van der Waals surface area contributed by atoms with E-state index >= 15 is 0 Å². The number of nitrogens with zero attached hydrogens (tertiary/aromatic N) is 2. The van der Waals surface area contributed by atoms with E-state index < -0.39 is 0 Å². The average molecular weight is 268 g/mol. The number of fused-ring (bicyclic) bond motifs is 1. The Morgan fingerprint density at radius 3 is 2.60 bits per heavy atom. The molecule has 1 aliphatic carbocycles. The van der Waals surface area contributed by atoms with Gasteiger partial charge in [-0.05, 0) is 43.9 Å². The molecule has 3 heteroatoms. The third kappa shape index (κ3) is 1.74. The van der Waals surface area contributed by atoms with Crippen LogP contribution < -0.4 is 0 Å². The van der Waals surface area contributed by atoms with E-state index in [1.165, 1.54) is 22.2 Å². The van der Waals surface area contributed by atoms with Crippen molar-refractivity contribution in [3.8, 4) is 0 Å². The van der Waals surface area contributed by atoms with Gasteiger partial charge in [0.2, 0.25) is 6.08 Å². The highest BCUT2D eigenvalue weighted by molar-refractivity contribution is 5.86. The summed E-state index contributed by atoms with van der Waals surface area (Å²) in [5, 5.41) is 1.29. The number of isocyanates is 1. The third-order valence-electron chi connectivity index (χ3n) is 5.04. The van der Waals surface area contributed by atoms with E-state index in [2.05, 4.69) is 48.7 Å². The summed E-state index contributed by atoms with van der Waals surface area (Å²) in [5.41, 5.74) is 4.67. The van der Waals surface area contributed by atoms with Crippen LogP contribution in [0.3, 0.4) is 0 Å². The molecule has 0 saturated heterocycles. The molecule has 1 heterocycles. The maximum absolute atomic E-state index is 10.8. The Labute approximate surface area is 119 Å². The van der Waals surface area contributed by atoms with Gasteiger partial charge in [0, 0.05) is 23.6 Å². The van der Waals surface area contributed by atoms with Crippen LogP contribution >= 0.6 is 0 Å². The lowest BCUT2D eigenvalue weighted by Crippen LogP contribution is -2.18. The largest absolute Gasteiger partial charge is 0.348 e. The molecule has 0 amide bonds. The number of carbonyl (C=O) groups excluding carboxylic acids is 1. The van der Waals surface area contributed by atoms with Crippen LogP contribution in [0.15, 0.2) is 23.2 Å². The van der Waals surface area contributed by atoms with Crippen molar-refractivity contribution < 1.29 is 4.79 Å². The SMILES string of the molecule is Cc1c(C)n(C)c2cc(C3(N=C=O)CCCC3)ccc12. The Kier molecular flexibility index (Phi) is 3.02. The fourth-order valence-corrected chi connectivity index (χ4v) is 3.56. The zero-order valence-electron chi connectivity index (χ0n) is 12.4. The molecule has 0 radical (unpaired) electrons. The Balaban J connectivity index is 2.22. The van der Waals surface area contributed by atoms with Crippen molar-refractivity contribution in [2.45, 2.75) is 45.1 Å². The summed E-state index contributed by atoms with van der Waals surface area (Å²) in [7, 11) is 2.10. The average Bonchev–Trinajstić information content (AvgIpc) is 3.01. The lowest BCUT2D eigenvalue weighted by molar-refractivity contribution is 0.456. The highest BCUT2D eigenvalue weighted by Crippen LogP contribution is 2.43. The van der Waals surface area contributed by atoms with E-state index in [4.69, 9.17) is 0 Å². The molecule has 1 aromatic carbocycles. The van der Waals surface area contributed by atoms with Crippen LogP contribution in [0.25, 0.3) is 10.9 Å². The Morgan fingerprint density at radius 1 is 1.25 bits per heavy atom. The van der Waals surface area contributed by atoms with Crippen LogP contribution in [-0.4, -0.2) is 10.6 Å². The molecular weight excluding hydrogens is 248 g/mol. The molecule has 0 bridgehead atoms. The molecule has 104 valence electrons. The van der Waals surface area contributed by atoms with E-state index in [1.54, 1.807) is 6.08 Å². The number of rotatable bonds is 2. The summed E-state index contributed by atoms with van der Waals surface area (Å²) in [6.45, 7) is 4.30. The first-order valence-corrected chi connectivity index (χ1v) is 7.24. The van der Waals surface area contributed by atoms with Crippen molar-refractivity contribution in [1.29, 1.82) is 0 Å². The van der Waals surface area contributed by atoms with Gasteiger partial charge >= 0.3 is 0 Å². The van der Waals surface area contributed by atoms with Crippen molar-refractivity contribution in [2.75, 3.05) is 0 Å². The molecule has 1 aliphatic rings. The topological polar surface area (TPSA) is 34.4 Å². The van der Waals surface area contributed by atoms with Gasteiger partial charge in [0.1, 0.15) is 0 Å². The highest BCUT2D eigenvalue weighted by atomic mass is 16.1. The maximum Gasteiger partial charge on any atom is 0.235 e. The molecule has 0 spiro atoms. The Bertz CT molecular complexity index is 714. The van der Waals surface area contributed by atoms with Gasteiger partial charge in [0.25, 0.3) is 0 Å². The van der Waals surface area contributed by atoms with Gasteiger partial charge in [0.05, 0.1) is 5.54 Å². The van der Waals surface area contributed by atoms with Gasteiger partial charge in [-0.1, -0.05) is 25.0 Å². The van der Waals surface area contributed by atoms with Gasteiger partial charge in [-0.2, -0.15) is 4.99 Å². The summed E-state index contributed by atoms with van der Waals surface area (Å²) < 4.78 is 2.22. The molecule has 0 N–H and O–H groups in total. The minimum Gasteiger partial charge on any atom is -0.348 e. The highest BCUT2D eigenvalue weighted by Gasteiger charge is 2.35. The van der Waals surface area contributed by atoms with Crippen molar-refractivity contribution in [1.82, 2.24) is 4.57 Å². The molecule has 3 nitrogen and oxygen atoms in total. The minimum atomic E-state index is -0.331. The number of benzene rings is 1. The summed E-state index contributed by atoms with van der Waals surface area (Å²) in [6.07, 6.45) is 5.97. The van der Waals surface area contributed by atoms with Crippen LogP contribution in [0.4, 0.5) is 0 Å². The predicted octanol–water partition coefficient (Wildman–Crippen LogP) is 3.90. The zero-order valence-corrected chi connectivity index (χ0v) is 12.4. The van der Waals surface area contributed by atoms with Crippen LogP contribution in [0, 0.1) is 13.8 Å². The number of aliphatic imine (C=N–C) groups is 1. The van der Waals surface area contributed by atoms with Gasteiger partial charge in [-0.25, -0.2) is 4.79 Å². The number of aryl methyl sites for hydroxylation is 2. The first-order chi connectivity index (χ1) is 9.59. The monoisotopic (exact) mass is 268 g/mol. The molecular formula is C17H20N2O. The Hall–Kier alpha value is -1.86. The minimum absolute atomic E-state index is 0.331. The molecule has 1 saturated carbocycles. The number of hydrogen-bond donors (Lipinski definition) is 0. The number of aromatic nitrogens is 1. The fourth-order valence-electron chi connectivity index (χ4n) is 3.56. The normalized spacial score (nSPS) is 17.4. The lowest BCUT2D eigenvalue weighted by Gasteiger charge is -2.23. The van der Waals surface area contributed by atoms with E-state index in [0.29, 0.717) is 0 Å². The summed E-state index contributed by atoms with van der Waals surface area (Å²) >= 11 is 0. The van der Waals surface area contributed by atoms with Crippen molar-refractivity contribution in [2.24, 2.45) is 12.0 Å². The summed E-state index contributed by atoms with van der Waals surface area (Å²) in [4.78, 5) is 15.0. The van der Waals surface area contributed by atoms with E-state index in [0.717, 1.165) is 31.2 Å². The Morgan fingerprint density at radius 2 is 1.95 bits per heavy atom.